The van der Waals surface area contributed by atoms with Crippen molar-refractivity contribution < 1.29 is 0 Å². The standard InChI is InChI=1S/C14H18N6S/c1-7-4-3-5-9-10(7)11-12-16-8(2)18-20(12)14-17-15-6-19(14)13(11)21-9/h6-8,12,16,18H,3-5H2,1-2H3. The molecule has 21 heavy (non-hydrogen) atoms. The lowest BCUT2D eigenvalue weighted by Gasteiger charge is -2.31. The van der Waals surface area contributed by atoms with E-state index < -0.39 is 0 Å². The van der Waals surface area contributed by atoms with E-state index in [2.05, 4.69) is 44.4 Å². The Labute approximate surface area is 127 Å². The van der Waals surface area contributed by atoms with E-state index in [1.165, 1.54) is 29.8 Å². The van der Waals surface area contributed by atoms with Gasteiger partial charge in [0.2, 0.25) is 5.95 Å². The Hall–Kier alpha value is -1.44. The second-order valence-corrected chi connectivity index (χ2v) is 7.33. The van der Waals surface area contributed by atoms with Crippen molar-refractivity contribution in [2.45, 2.75) is 51.4 Å². The average Bonchev–Trinajstić information content (AvgIpc) is 3.12. The molecular weight excluding hydrogens is 284 g/mol. The molecule has 1 saturated heterocycles. The van der Waals surface area contributed by atoms with Crippen molar-refractivity contribution in [2.75, 3.05) is 5.01 Å². The van der Waals surface area contributed by atoms with Crippen LogP contribution in [0.15, 0.2) is 6.33 Å². The summed E-state index contributed by atoms with van der Waals surface area (Å²) in [6.07, 6.45) is 6.05. The number of nitrogens with zero attached hydrogens (tertiary/aromatic N) is 4. The number of aromatic nitrogens is 3. The second-order valence-electron chi connectivity index (χ2n) is 6.24. The third kappa shape index (κ3) is 1.48. The molecule has 2 aromatic heterocycles. The molecule has 2 aromatic rings. The van der Waals surface area contributed by atoms with Gasteiger partial charge >= 0.3 is 0 Å². The fourth-order valence-electron chi connectivity index (χ4n) is 3.93. The highest BCUT2D eigenvalue weighted by atomic mass is 32.1. The van der Waals surface area contributed by atoms with E-state index in [4.69, 9.17) is 0 Å². The average molecular weight is 302 g/mol. The third-order valence-corrected chi connectivity index (χ3v) is 6.09. The zero-order valence-corrected chi connectivity index (χ0v) is 12.9. The normalized spacial score (nSPS) is 29.8. The van der Waals surface area contributed by atoms with E-state index in [0.29, 0.717) is 5.92 Å². The van der Waals surface area contributed by atoms with Crippen LogP contribution >= 0.6 is 11.3 Å². The summed E-state index contributed by atoms with van der Waals surface area (Å²) in [5, 5.41) is 15.5. The molecule has 2 N–H and O–H groups in total. The molecule has 0 radical (unpaired) electrons. The summed E-state index contributed by atoms with van der Waals surface area (Å²) < 4.78 is 2.13. The maximum atomic E-state index is 4.30. The molecular formula is C14H18N6S. The number of anilines is 1. The molecule has 1 aliphatic carbocycles. The Morgan fingerprint density at radius 2 is 2.24 bits per heavy atom. The van der Waals surface area contributed by atoms with Gasteiger partial charge in [0, 0.05) is 10.4 Å². The van der Waals surface area contributed by atoms with Crippen LogP contribution in [0.2, 0.25) is 0 Å². The number of hydrogen-bond acceptors (Lipinski definition) is 6. The summed E-state index contributed by atoms with van der Waals surface area (Å²) in [6, 6.07) is 0. The number of hydrazine groups is 1. The van der Waals surface area contributed by atoms with E-state index in [1.807, 2.05) is 17.7 Å². The van der Waals surface area contributed by atoms with Crippen LogP contribution in [0.4, 0.5) is 5.95 Å². The molecule has 4 heterocycles. The molecule has 2 aliphatic heterocycles. The van der Waals surface area contributed by atoms with E-state index in [-0.39, 0.29) is 12.3 Å². The molecule has 7 heteroatoms. The topological polar surface area (TPSA) is 58.0 Å². The molecule has 6 nitrogen and oxygen atoms in total. The van der Waals surface area contributed by atoms with E-state index >= 15 is 0 Å². The maximum Gasteiger partial charge on any atom is 0.248 e. The SMILES string of the molecule is CC1NC2c3c(sc4c3C(C)CCC4)-n3cnnc3N2N1. The van der Waals surface area contributed by atoms with Crippen LogP contribution in [0.3, 0.4) is 0 Å². The largest absolute Gasteiger partial charge is 0.276 e. The number of fused-ring (bicyclic) bond motifs is 8. The van der Waals surface area contributed by atoms with Crippen molar-refractivity contribution in [3.05, 3.63) is 22.3 Å². The highest BCUT2D eigenvalue weighted by Crippen LogP contribution is 2.49. The molecule has 0 aromatic carbocycles. The van der Waals surface area contributed by atoms with Crippen LogP contribution in [0.1, 0.15) is 54.8 Å². The van der Waals surface area contributed by atoms with Gasteiger partial charge in [0.15, 0.2) is 0 Å². The van der Waals surface area contributed by atoms with Gasteiger partial charge in [-0.25, -0.2) is 5.43 Å². The summed E-state index contributed by atoms with van der Waals surface area (Å²) in [5.41, 5.74) is 6.46. The molecule has 5 rings (SSSR count). The third-order valence-electron chi connectivity index (χ3n) is 4.81. The molecule has 0 saturated carbocycles. The molecule has 1 fully saturated rings. The zero-order chi connectivity index (χ0) is 14.1. The second kappa shape index (κ2) is 4.06. The van der Waals surface area contributed by atoms with Crippen LogP contribution in [0, 0.1) is 0 Å². The Balaban J connectivity index is 1.80. The Bertz CT molecular complexity index is 719. The van der Waals surface area contributed by atoms with Gasteiger partial charge in [-0.05, 0) is 37.7 Å². The monoisotopic (exact) mass is 302 g/mol. The Morgan fingerprint density at radius 3 is 3.14 bits per heavy atom. The maximum absolute atomic E-state index is 4.30. The van der Waals surface area contributed by atoms with Crippen molar-refractivity contribution in [3.63, 3.8) is 0 Å². The summed E-state index contributed by atoms with van der Waals surface area (Å²) in [6.45, 7) is 4.50. The molecule has 110 valence electrons. The van der Waals surface area contributed by atoms with Gasteiger partial charge in [0.1, 0.15) is 17.5 Å². The lowest BCUT2D eigenvalue weighted by atomic mass is 9.85. The van der Waals surface area contributed by atoms with E-state index in [0.717, 1.165) is 5.95 Å². The molecule has 3 atom stereocenters. The molecule has 3 aliphatic rings. The molecule has 0 spiro atoms. The fraction of sp³-hybridized carbons (Fsp3) is 0.571. The van der Waals surface area contributed by atoms with Gasteiger partial charge in [-0.15, -0.1) is 21.5 Å². The van der Waals surface area contributed by atoms with Crippen LogP contribution in [-0.4, -0.2) is 20.9 Å². The van der Waals surface area contributed by atoms with Crippen molar-refractivity contribution in [1.29, 1.82) is 0 Å². The molecule has 0 amide bonds. The quantitative estimate of drug-likeness (QED) is 0.780. The van der Waals surface area contributed by atoms with Crippen molar-refractivity contribution in [2.24, 2.45) is 0 Å². The van der Waals surface area contributed by atoms with Gasteiger partial charge < -0.3 is 0 Å². The highest BCUT2D eigenvalue weighted by Gasteiger charge is 2.43. The summed E-state index contributed by atoms with van der Waals surface area (Å²) in [7, 11) is 0. The summed E-state index contributed by atoms with van der Waals surface area (Å²) in [5.74, 6) is 1.53. The smallest absolute Gasteiger partial charge is 0.248 e. The molecule has 3 unspecified atom stereocenters. The first-order chi connectivity index (χ1) is 10.2. The summed E-state index contributed by atoms with van der Waals surface area (Å²) >= 11 is 1.93. The van der Waals surface area contributed by atoms with Gasteiger partial charge in [0.25, 0.3) is 0 Å². The summed E-state index contributed by atoms with van der Waals surface area (Å²) in [4.78, 5) is 1.56. The number of thiophene rings is 1. The minimum Gasteiger partial charge on any atom is -0.276 e. The first-order valence-corrected chi connectivity index (χ1v) is 8.43. The van der Waals surface area contributed by atoms with Gasteiger partial charge in [-0.3, -0.25) is 14.9 Å². The van der Waals surface area contributed by atoms with Gasteiger partial charge in [-0.2, -0.15) is 0 Å². The van der Waals surface area contributed by atoms with Crippen molar-refractivity contribution in [1.82, 2.24) is 25.5 Å². The minimum atomic E-state index is 0.173. The zero-order valence-electron chi connectivity index (χ0n) is 12.1. The van der Waals surface area contributed by atoms with Crippen LogP contribution in [-0.2, 0) is 6.42 Å². The number of hydrogen-bond donors (Lipinski definition) is 2. The number of rotatable bonds is 0. The van der Waals surface area contributed by atoms with Gasteiger partial charge in [-0.1, -0.05) is 6.92 Å². The van der Waals surface area contributed by atoms with Crippen molar-refractivity contribution in [3.8, 4) is 5.00 Å². The van der Waals surface area contributed by atoms with Gasteiger partial charge in [0.05, 0.1) is 6.17 Å². The van der Waals surface area contributed by atoms with E-state index in [1.54, 1.807) is 10.4 Å². The lowest BCUT2D eigenvalue weighted by Crippen LogP contribution is -2.40. The van der Waals surface area contributed by atoms with Crippen LogP contribution in [0.25, 0.3) is 5.00 Å². The lowest BCUT2D eigenvalue weighted by molar-refractivity contribution is 0.542. The minimum absolute atomic E-state index is 0.173. The Morgan fingerprint density at radius 1 is 1.33 bits per heavy atom. The fourth-order valence-corrected chi connectivity index (χ4v) is 5.39. The van der Waals surface area contributed by atoms with Crippen LogP contribution < -0.4 is 15.8 Å². The number of aryl methyl sites for hydroxylation is 1. The first-order valence-electron chi connectivity index (χ1n) is 7.61. The van der Waals surface area contributed by atoms with E-state index in [9.17, 15) is 0 Å². The highest BCUT2D eigenvalue weighted by molar-refractivity contribution is 7.15. The predicted octanol–water partition coefficient (Wildman–Crippen LogP) is 2.04. The predicted molar refractivity (Wildman–Crippen MR) is 81.5 cm³/mol. The molecule has 0 bridgehead atoms. The first kappa shape index (κ1) is 12.1. The van der Waals surface area contributed by atoms with Crippen molar-refractivity contribution >= 4 is 17.3 Å². The number of nitrogens with one attached hydrogen (secondary N) is 2. The Kier molecular flexibility index (Phi) is 2.34. The van der Waals surface area contributed by atoms with Crippen LogP contribution in [0.5, 0.6) is 0 Å².